The lowest BCUT2D eigenvalue weighted by Crippen LogP contribution is -2.38. The first-order valence-electron chi connectivity index (χ1n) is 5.27. The second kappa shape index (κ2) is 3.93. The number of alkyl halides is 3. The number of nitrogens with one attached hydrogen (secondary N) is 1. The van der Waals surface area contributed by atoms with Crippen LogP contribution in [0.4, 0.5) is 28.9 Å². The minimum Gasteiger partial charge on any atom is -0.495 e. The molecule has 3 nitrogen and oxygen atoms in total. The summed E-state index contributed by atoms with van der Waals surface area (Å²) in [4.78, 5) is 0. The van der Waals surface area contributed by atoms with Gasteiger partial charge in [0.05, 0.1) is 18.5 Å². The van der Waals surface area contributed by atoms with E-state index in [0.717, 1.165) is 12.1 Å². The third-order valence-corrected chi connectivity index (χ3v) is 2.99. The SMILES string of the molecule is COc1cc(NC2(C(F)(F)F)CC2)c(F)cc1N. The zero-order valence-corrected chi connectivity index (χ0v) is 9.57. The van der Waals surface area contributed by atoms with E-state index in [9.17, 15) is 17.6 Å². The highest BCUT2D eigenvalue weighted by atomic mass is 19.4. The first-order chi connectivity index (χ1) is 8.29. The molecule has 1 fully saturated rings. The Hall–Kier alpha value is -1.66. The van der Waals surface area contributed by atoms with Crippen molar-refractivity contribution >= 4 is 11.4 Å². The molecular formula is C11H12F4N2O. The predicted octanol–water partition coefficient (Wildman–Crippen LogP) is 2.92. The molecule has 0 saturated heterocycles. The van der Waals surface area contributed by atoms with Gasteiger partial charge in [-0.25, -0.2) is 4.39 Å². The maximum absolute atomic E-state index is 13.5. The Balaban J connectivity index is 2.30. The summed E-state index contributed by atoms with van der Waals surface area (Å²) in [5.74, 6) is -0.694. The van der Waals surface area contributed by atoms with Crippen LogP contribution in [0, 0.1) is 5.82 Å². The van der Waals surface area contributed by atoms with Gasteiger partial charge in [-0.3, -0.25) is 0 Å². The fraction of sp³-hybridized carbons (Fsp3) is 0.455. The van der Waals surface area contributed by atoms with Crippen molar-refractivity contribution < 1.29 is 22.3 Å². The minimum atomic E-state index is -4.41. The number of anilines is 2. The van der Waals surface area contributed by atoms with Crippen LogP contribution in [0.5, 0.6) is 5.75 Å². The molecule has 7 heteroatoms. The molecule has 0 bridgehead atoms. The van der Waals surface area contributed by atoms with Crippen molar-refractivity contribution in [3.05, 3.63) is 17.9 Å². The second-order valence-electron chi connectivity index (χ2n) is 4.28. The van der Waals surface area contributed by atoms with Crippen molar-refractivity contribution in [3.8, 4) is 5.75 Å². The van der Waals surface area contributed by atoms with Crippen LogP contribution in [-0.2, 0) is 0 Å². The minimum absolute atomic E-state index is 0.0393. The van der Waals surface area contributed by atoms with Crippen molar-refractivity contribution in [2.24, 2.45) is 0 Å². The fourth-order valence-electron chi connectivity index (χ4n) is 1.70. The summed E-state index contributed by atoms with van der Waals surface area (Å²) < 4.78 is 56.6. The van der Waals surface area contributed by atoms with Gasteiger partial charge in [-0.2, -0.15) is 13.2 Å². The topological polar surface area (TPSA) is 47.3 Å². The predicted molar refractivity (Wildman–Crippen MR) is 59.0 cm³/mol. The van der Waals surface area contributed by atoms with Gasteiger partial charge in [-0.05, 0) is 12.8 Å². The van der Waals surface area contributed by atoms with Gasteiger partial charge in [0.1, 0.15) is 17.1 Å². The molecule has 1 aliphatic carbocycles. The molecule has 0 aliphatic heterocycles. The fourth-order valence-corrected chi connectivity index (χ4v) is 1.70. The number of hydrogen-bond donors (Lipinski definition) is 2. The van der Waals surface area contributed by atoms with E-state index in [1.165, 1.54) is 7.11 Å². The summed E-state index contributed by atoms with van der Waals surface area (Å²) in [6.45, 7) is 0. The number of methoxy groups -OCH3 is 1. The van der Waals surface area contributed by atoms with Crippen LogP contribution in [0.1, 0.15) is 12.8 Å². The van der Waals surface area contributed by atoms with Gasteiger partial charge in [-0.1, -0.05) is 0 Å². The Labute approximate surface area is 101 Å². The van der Waals surface area contributed by atoms with E-state index < -0.39 is 17.5 Å². The third-order valence-electron chi connectivity index (χ3n) is 2.99. The van der Waals surface area contributed by atoms with E-state index in [0.29, 0.717) is 0 Å². The highest BCUT2D eigenvalue weighted by molar-refractivity contribution is 5.63. The third kappa shape index (κ3) is 2.04. The number of hydrogen-bond acceptors (Lipinski definition) is 3. The number of halogens is 4. The average Bonchev–Trinajstić information content (AvgIpc) is 3.02. The van der Waals surface area contributed by atoms with Gasteiger partial charge in [-0.15, -0.1) is 0 Å². The lowest BCUT2D eigenvalue weighted by Gasteiger charge is -2.22. The number of ether oxygens (including phenoxy) is 1. The summed E-state index contributed by atoms with van der Waals surface area (Å²) >= 11 is 0. The van der Waals surface area contributed by atoms with E-state index in [-0.39, 0.29) is 30.0 Å². The van der Waals surface area contributed by atoms with E-state index in [2.05, 4.69) is 5.32 Å². The van der Waals surface area contributed by atoms with Gasteiger partial charge in [0, 0.05) is 12.1 Å². The van der Waals surface area contributed by atoms with Crippen molar-refractivity contribution in [2.45, 2.75) is 24.6 Å². The molecule has 1 saturated carbocycles. The van der Waals surface area contributed by atoms with Gasteiger partial charge in [0.25, 0.3) is 0 Å². The molecule has 0 heterocycles. The maximum Gasteiger partial charge on any atom is 0.411 e. The molecule has 100 valence electrons. The van der Waals surface area contributed by atoms with E-state index >= 15 is 0 Å². The maximum atomic E-state index is 13.5. The van der Waals surface area contributed by atoms with Crippen molar-refractivity contribution in [3.63, 3.8) is 0 Å². The van der Waals surface area contributed by atoms with Crippen LogP contribution in [0.3, 0.4) is 0 Å². The molecule has 0 atom stereocenters. The summed E-state index contributed by atoms with van der Waals surface area (Å²) in [5, 5.41) is 2.20. The molecule has 1 aliphatic rings. The molecule has 1 aromatic carbocycles. The smallest absolute Gasteiger partial charge is 0.411 e. The highest BCUT2D eigenvalue weighted by Crippen LogP contribution is 2.51. The quantitative estimate of drug-likeness (QED) is 0.651. The highest BCUT2D eigenvalue weighted by Gasteiger charge is 2.63. The first kappa shape index (κ1) is 12.8. The van der Waals surface area contributed by atoms with Crippen LogP contribution in [0.15, 0.2) is 12.1 Å². The van der Waals surface area contributed by atoms with Crippen LogP contribution < -0.4 is 15.8 Å². The molecular weight excluding hydrogens is 252 g/mol. The lowest BCUT2D eigenvalue weighted by molar-refractivity contribution is -0.151. The number of rotatable bonds is 3. The van der Waals surface area contributed by atoms with Crippen LogP contribution in [-0.4, -0.2) is 18.8 Å². The Morgan fingerprint density at radius 1 is 1.33 bits per heavy atom. The molecule has 18 heavy (non-hydrogen) atoms. The molecule has 0 unspecified atom stereocenters. The van der Waals surface area contributed by atoms with Crippen LogP contribution in [0.2, 0.25) is 0 Å². The van der Waals surface area contributed by atoms with Crippen molar-refractivity contribution in [1.29, 1.82) is 0 Å². The zero-order valence-electron chi connectivity index (χ0n) is 9.57. The van der Waals surface area contributed by atoms with Crippen LogP contribution >= 0.6 is 0 Å². The van der Waals surface area contributed by atoms with E-state index in [4.69, 9.17) is 10.5 Å². The Kier molecular flexibility index (Phi) is 2.79. The first-order valence-corrected chi connectivity index (χ1v) is 5.27. The Morgan fingerprint density at radius 3 is 2.39 bits per heavy atom. The molecule has 3 N–H and O–H groups in total. The van der Waals surface area contributed by atoms with Gasteiger partial charge in [0.15, 0.2) is 0 Å². The van der Waals surface area contributed by atoms with Gasteiger partial charge < -0.3 is 15.8 Å². The summed E-state index contributed by atoms with van der Waals surface area (Å²) in [6, 6.07) is 2.07. The number of benzene rings is 1. The van der Waals surface area contributed by atoms with Crippen molar-refractivity contribution in [2.75, 3.05) is 18.2 Å². The second-order valence-corrected chi connectivity index (χ2v) is 4.28. The standard InChI is InChI=1S/C11H12F4N2O/c1-18-9-5-8(6(12)4-7(9)16)17-10(2-3-10)11(13,14)15/h4-5,17H,2-3,16H2,1H3. The lowest BCUT2D eigenvalue weighted by atomic mass is 10.2. The largest absolute Gasteiger partial charge is 0.495 e. The Morgan fingerprint density at radius 2 is 1.94 bits per heavy atom. The molecule has 0 amide bonds. The van der Waals surface area contributed by atoms with E-state index in [1.54, 1.807) is 0 Å². The average molecular weight is 264 g/mol. The summed E-state index contributed by atoms with van der Waals surface area (Å²) in [6.07, 6.45) is -4.54. The molecule has 0 spiro atoms. The molecule has 1 aromatic rings. The summed E-state index contributed by atoms with van der Waals surface area (Å²) in [5.41, 5.74) is 3.22. The number of nitrogen functional groups attached to an aromatic ring is 1. The normalized spacial score (nSPS) is 17.4. The van der Waals surface area contributed by atoms with Crippen LogP contribution in [0.25, 0.3) is 0 Å². The molecule has 0 aromatic heterocycles. The van der Waals surface area contributed by atoms with E-state index in [1.807, 2.05) is 0 Å². The van der Waals surface area contributed by atoms with Gasteiger partial charge >= 0.3 is 6.18 Å². The Bertz CT molecular complexity index is 469. The molecule has 2 rings (SSSR count). The monoisotopic (exact) mass is 264 g/mol. The van der Waals surface area contributed by atoms with Crippen molar-refractivity contribution in [1.82, 2.24) is 0 Å². The van der Waals surface area contributed by atoms with Gasteiger partial charge in [0.2, 0.25) is 0 Å². The zero-order chi connectivity index (χ0) is 13.6. The number of nitrogens with two attached hydrogens (primary N) is 1. The molecule has 0 radical (unpaired) electrons. The summed E-state index contributed by atoms with van der Waals surface area (Å²) in [7, 11) is 1.31.